The van der Waals surface area contributed by atoms with E-state index in [0.717, 1.165) is 20.9 Å². The van der Waals surface area contributed by atoms with Crippen LogP contribution >= 0.6 is 11.3 Å². The predicted molar refractivity (Wildman–Crippen MR) is 91.4 cm³/mol. The molecular weight excluding hydrogens is 295 g/mol. The molecule has 0 spiro atoms. The van der Waals surface area contributed by atoms with Crippen LogP contribution in [0.1, 0.15) is 58.4 Å². The fraction of sp³-hybridized carbons (Fsp3) is 0.611. The zero-order valence-corrected chi connectivity index (χ0v) is 14.3. The zero-order valence-electron chi connectivity index (χ0n) is 13.5. The predicted octanol–water partition coefficient (Wildman–Crippen LogP) is 5.25. The van der Waals surface area contributed by atoms with Gasteiger partial charge in [-0.15, -0.1) is 0 Å². The van der Waals surface area contributed by atoms with Gasteiger partial charge in [-0.05, 0) is 49.7 Å². The first-order chi connectivity index (χ1) is 10.4. The van der Waals surface area contributed by atoms with Gasteiger partial charge < -0.3 is 4.90 Å². The van der Waals surface area contributed by atoms with E-state index >= 15 is 0 Å². The van der Waals surface area contributed by atoms with Crippen LogP contribution in [0.15, 0.2) is 12.1 Å². The minimum Gasteiger partial charge on any atom is -0.342 e. The minimum atomic E-state index is -0.226. The summed E-state index contributed by atoms with van der Waals surface area (Å²) in [6, 6.07) is 4.81. The van der Waals surface area contributed by atoms with Crippen molar-refractivity contribution in [2.75, 3.05) is 4.90 Å². The van der Waals surface area contributed by atoms with Crippen LogP contribution in [0.2, 0.25) is 0 Å². The van der Waals surface area contributed by atoms with Crippen LogP contribution < -0.4 is 4.90 Å². The van der Waals surface area contributed by atoms with Crippen molar-refractivity contribution in [1.29, 1.82) is 0 Å². The number of hydrogen-bond acceptors (Lipinski definition) is 3. The number of thiazole rings is 1. The summed E-state index contributed by atoms with van der Waals surface area (Å²) in [5.74, 6) is -0.126. The number of nitrogens with zero attached hydrogens (tertiary/aromatic N) is 2. The molecule has 22 heavy (non-hydrogen) atoms. The number of hydrogen-bond donors (Lipinski definition) is 0. The van der Waals surface area contributed by atoms with Gasteiger partial charge in [0.2, 0.25) is 0 Å². The van der Waals surface area contributed by atoms with Gasteiger partial charge in [0, 0.05) is 17.6 Å². The van der Waals surface area contributed by atoms with Crippen molar-refractivity contribution in [1.82, 2.24) is 4.98 Å². The van der Waals surface area contributed by atoms with Crippen molar-refractivity contribution in [2.24, 2.45) is 0 Å². The molecule has 1 aromatic heterocycles. The lowest BCUT2D eigenvalue weighted by molar-refractivity contribution is 0.467. The topological polar surface area (TPSA) is 16.1 Å². The Morgan fingerprint density at radius 2 is 1.82 bits per heavy atom. The highest BCUT2D eigenvalue weighted by atomic mass is 32.1. The molecular formula is C18H23FN2S. The van der Waals surface area contributed by atoms with E-state index in [1.54, 1.807) is 17.4 Å². The zero-order chi connectivity index (χ0) is 15.5. The molecule has 2 fully saturated rings. The maximum absolute atomic E-state index is 14.4. The second-order valence-electron chi connectivity index (χ2n) is 7.74. The van der Waals surface area contributed by atoms with Crippen molar-refractivity contribution in [3.8, 4) is 0 Å². The fourth-order valence-corrected chi connectivity index (χ4v) is 5.33. The van der Waals surface area contributed by atoms with Crippen molar-refractivity contribution in [3.63, 3.8) is 0 Å². The van der Waals surface area contributed by atoms with Crippen molar-refractivity contribution >= 4 is 26.7 Å². The molecule has 0 saturated carbocycles. The molecule has 2 aromatic rings. The van der Waals surface area contributed by atoms with Gasteiger partial charge in [-0.2, -0.15) is 0 Å². The van der Waals surface area contributed by atoms with E-state index in [2.05, 4.69) is 25.7 Å². The Morgan fingerprint density at radius 1 is 1.14 bits per heavy atom. The highest BCUT2D eigenvalue weighted by Crippen LogP contribution is 2.43. The Morgan fingerprint density at radius 3 is 2.45 bits per heavy atom. The van der Waals surface area contributed by atoms with Crippen LogP contribution in [-0.2, 0) is 5.41 Å². The first-order valence-electron chi connectivity index (χ1n) is 8.33. The third kappa shape index (κ3) is 2.15. The number of benzene rings is 1. The third-order valence-corrected chi connectivity index (χ3v) is 6.20. The highest BCUT2D eigenvalue weighted by Gasteiger charge is 2.38. The standard InChI is InChI=1S/C18H23FN2S/c1-18(2,3)15-13(19)9-10-14-16(15)20-17(22-14)21-11-5-4-6-12(21)8-7-11/h9-12H,4-8H2,1-3H3/t11-,12+. The molecule has 2 atom stereocenters. The molecule has 2 aliphatic rings. The lowest BCUT2D eigenvalue weighted by atomic mass is 9.86. The quantitative estimate of drug-likeness (QED) is 0.713. The van der Waals surface area contributed by atoms with E-state index in [1.807, 2.05) is 6.07 Å². The Balaban J connectivity index is 1.85. The van der Waals surface area contributed by atoms with Crippen LogP contribution in [0, 0.1) is 5.82 Å². The fourth-order valence-electron chi connectivity index (χ4n) is 4.21. The summed E-state index contributed by atoms with van der Waals surface area (Å²) < 4.78 is 15.5. The van der Waals surface area contributed by atoms with E-state index in [1.165, 1.54) is 32.1 Å². The monoisotopic (exact) mass is 318 g/mol. The summed E-state index contributed by atoms with van der Waals surface area (Å²) in [6.07, 6.45) is 6.50. The van der Waals surface area contributed by atoms with E-state index in [0.29, 0.717) is 12.1 Å². The molecule has 2 nitrogen and oxygen atoms in total. The van der Waals surface area contributed by atoms with Crippen LogP contribution in [-0.4, -0.2) is 17.1 Å². The molecule has 2 saturated heterocycles. The van der Waals surface area contributed by atoms with Gasteiger partial charge in [0.05, 0.1) is 10.2 Å². The minimum absolute atomic E-state index is 0.126. The van der Waals surface area contributed by atoms with Gasteiger partial charge in [-0.1, -0.05) is 32.1 Å². The van der Waals surface area contributed by atoms with Crippen molar-refractivity contribution in [3.05, 3.63) is 23.5 Å². The summed E-state index contributed by atoms with van der Waals surface area (Å²) in [5.41, 5.74) is 1.41. The number of halogens is 1. The number of rotatable bonds is 1. The van der Waals surface area contributed by atoms with Gasteiger partial charge in [0.25, 0.3) is 0 Å². The molecule has 0 aliphatic carbocycles. The SMILES string of the molecule is CC(C)(C)c1c(F)ccc2sc(N3[C@@H]4CCC[C@H]3CC4)nc12. The lowest BCUT2D eigenvalue weighted by Crippen LogP contribution is -2.39. The van der Waals surface area contributed by atoms with E-state index in [4.69, 9.17) is 4.98 Å². The van der Waals surface area contributed by atoms with Gasteiger partial charge >= 0.3 is 0 Å². The summed E-state index contributed by atoms with van der Waals surface area (Å²) in [5, 5.41) is 1.11. The molecule has 1 aromatic carbocycles. The Hall–Kier alpha value is -1.16. The summed E-state index contributed by atoms with van der Waals surface area (Å²) in [4.78, 5) is 7.45. The average Bonchev–Trinajstić information content (AvgIpc) is 2.95. The molecule has 0 radical (unpaired) electrons. The Labute approximate surface area is 135 Å². The van der Waals surface area contributed by atoms with E-state index in [9.17, 15) is 4.39 Å². The highest BCUT2D eigenvalue weighted by molar-refractivity contribution is 7.22. The van der Waals surface area contributed by atoms with Crippen LogP contribution in [0.3, 0.4) is 0 Å². The molecule has 2 aliphatic heterocycles. The second-order valence-corrected chi connectivity index (χ2v) is 8.75. The molecule has 2 bridgehead atoms. The van der Waals surface area contributed by atoms with Gasteiger partial charge in [-0.3, -0.25) is 0 Å². The molecule has 0 amide bonds. The number of fused-ring (bicyclic) bond motifs is 3. The van der Waals surface area contributed by atoms with Gasteiger partial charge in [0.1, 0.15) is 5.82 Å². The largest absolute Gasteiger partial charge is 0.342 e. The smallest absolute Gasteiger partial charge is 0.186 e. The van der Waals surface area contributed by atoms with Crippen LogP contribution in [0.25, 0.3) is 10.2 Å². The van der Waals surface area contributed by atoms with Gasteiger partial charge in [0.15, 0.2) is 5.13 Å². The van der Waals surface area contributed by atoms with E-state index < -0.39 is 0 Å². The molecule has 3 heterocycles. The molecule has 0 unspecified atom stereocenters. The summed E-state index contributed by atoms with van der Waals surface area (Å²) in [7, 11) is 0. The Kier molecular flexibility index (Phi) is 3.23. The van der Waals surface area contributed by atoms with E-state index in [-0.39, 0.29) is 11.2 Å². The van der Waals surface area contributed by atoms with Gasteiger partial charge in [-0.25, -0.2) is 9.37 Å². The van der Waals surface area contributed by atoms with Crippen molar-refractivity contribution < 1.29 is 4.39 Å². The number of anilines is 1. The van der Waals surface area contributed by atoms with Crippen molar-refractivity contribution in [2.45, 2.75) is 70.4 Å². The second kappa shape index (κ2) is 4.92. The lowest BCUT2D eigenvalue weighted by Gasteiger charge is -2.34. The molecule has 4 heteroatoms. The van der Waals surface area contributed by atoms with Crippen LogP contribution in [0.4, 0.5) is 9.52 Å². The first-order valence-corrected chi connectivity index (χ1v) is 9.14. The Bertz CT molecular complexity index is 700. The molecule has 0 N–H and O–H groups in total. The number of piperidine rings is 1. The molecule has 118 valence electrons. The molecule has 4 rings (SSSR count). The average molecular weight is 318 g/mol. The normalized spacial score (nSPS) is 25.2. The first kappa shape index (κ1) is 14.4. The third-order valence-electron chi connectivity index (χ3n) is 5.16. The summed E-state index contributed by atoms with van der Waals surface area (Å²) >= 11 is 1.74. The number of aromatic nitrogens is 1. The van der Waals surface area contributed by atoms with Crippen LogP contribution in [0.5, 0.6) is 0 Å². The summed E-state index contributed by atoms with van der Waals surface area (Å²) in [6.45, 7) is 6.19. The maximum atomic E-state index is 14.4. The maximum Gasteiger partial charge on any atom is 0.186 e.